The van der Waals surface area contributed by atoms with Gasteiger partial charge >= 0.3 is 11.9 Å². The van der Waals surface area contributed by atoms with Crippen LogP contribution in [0.3, 0.4) is 0 Å². The van der Waals surface area contributed by atoms with E-state index < -0.39 is 11.9 Å². The minimum Gasteiger partial charge on any atom is -0.496 e. The van der Waals surface area contributed by atoms with Crippen LogP contribution in [0.4, 0.5) is 11.8 Å². The maximum absolute atomic E-state index is 11.5. The van der Waals surface area contributed by atoms with Crippen LogP contribution in [-0.2, 0) is 28.9 Å². The molecule has 0 aliphatic rings. The van der Waals surface area contributed by atoms with E-state index in [4.69, 9.17) is 10.5 Å². The minimum atomic E-state index is -0.968. The van der Waals surface area contributed by atoms with Crippen molar-refractivity contribution < 1.29 is 24.5 Å². The van der Waals surface area contributed by atoms with Crippen LogP contribution in [0.25, 0.3) is 0 Å². The Morgan fingerprint density at radius 3 is 2.65 bits per heavy atom. The Balaban J connectivity index is 2.03. The van der Waals surface area contributed by atoms with Crippen LogP contribution < -0.4 is 15.8 Å². The van der Waals surface area contributed by atoms with Crippen LogP contribution in [0.15, 0.2) is 18.2 Å². The van der Waals surface area contributed by atoms with E-state index in [2.05, 4.69) is 35.9 Å². The van der Waals surface area contributed by atoms with Crippen molar-refractivity contribution >= 4 is 23.7 Å². The molecule has 0 aliphatic heterocycles. The summed E-state index contributed by atoms with van der Waals surface area (Å²) in [5, 5.41) is 36.0. The lowest BCUT2D eigenvalue weighted by Crippen LogP contribution is -2.25. The van der Waals surface area contributed by atoms with E-state index in [1.807, 2.05) is 25.1 Å². The number of benzene rings is 1. The van der Waals surface area contributed by atoms with Crippen molar-refractivity contribution in [2.75, 3.05) is 18.2 Å². The first kappa shape index (κ1) is 27.3. The van der Waals surface area contributed by atoms with E-state index in [9.17, 15) is 19.8 Å². The van der Waals surface area contributed by atoms with Gasteiger partial charge < -0.3 is 26.0 Å². The third-order valence-electron chi connectivity index (χ3n) is 5.82. The van der Waals surface area contributed by atoms with Gasteiger partial charge in [0.05, 0.1) is 25.6 Å². The van der Waals surface area contributed by atoms with Crippen molar-refractivity contribution in [2.45, 2.75) is 64.3 Å². The van der Waals surface area contributed by atoms with Gasteiger partial charge in [-0.1, -0.05) is 37.1 Å². The second-order valence-corrected chi connectivity index (χ2v) is 8.66. The van der Waals surface area contributed by atoms with Crippen molar-refractivity contribution in [3.63, 3.8) is 0 Å². The topological polar surface area (TPSA) is 202 Å². The molecule has 1 aromatic carbocycles. The number of methoxy groups -OCH3 is 1. The number of aromatic amines is 1. The Morgan fingerprint density at radius 1 is 1.19 bits per heavy atom. The molecule has 3 aromatic rings. The number of anilines is 2. The van der Waals surface area contributed by atoms with E-state index in [1.165, 1.54) is 0 Å². The van der Waals surface area contributed by atoms with Crippen molar-refractivity contribution in [3.05, 3.63) is 46.4 Å². The molecular weight excluding hydrogens is 480 g/mol. The Morgan fingerprint density at radius 2 is 2.00 bits per heavy atom. The zero-order chi connectivity index (χ0) is 26.8. The highest BCUT2D eigenvalue weighted by atomic mass is 16.5. The molecule has 198 valence electrons. The Hall–Kier alpha value is -4.29. The number of carbonyl (C=O) groups is 2. The van der Waals surface area contributed by atoms with Crippen LogP contribution in [0, 0.1) is 0 Å². The van der Waals surface area contributed by atoms with E-state index in [-0.39, 0.29) is 31.3 Å². The first-order valence-electron chi connectivity index (χ1n) is 12.0. The zero-order valence-electron chi connectivity index (χ0n) is 20.9. The first-order valence-corrected chi connectivity index (χ1v) is 12.0. The number of unbranched alkanes of at least 4 members (excludes halogenated alkanes) is 1. The monoisotopic (exact) mass is 512 g/mol. The van der Waals surface area contributed by atoms with Gasteiger partial charge in [-0.25, -0.2) is 4.98 Å². The summed E-state index contributed by atoms with van der Waals surface area (Å²) in [5.74, 6) is -0.376. The molecule has 0 saturated carbocycles. The normalized spacial score (nSPS) is 11.7. The Kier molecular flexibility index (Phi) is 9.69. The van der Waals surface area contributed by atoms with Crippen LogP contribution in [-0.4, -0.2) is 65.9 Å². The van der Waals surface area contributed by atoms with Gasteiger partial charge in [-0.3, -0.25) is 9.59 Å². The maximum atomic E-state index is 11.5. The predicted octanol–water partition coefficient (Wildman–Crippen LogP) is 2.22. The molecule has 0 aliphatic carbocycles. The second kappa shape index (κ2) is 13.1. The average molecular weight is 513 g/mol. The van der Waals surface area contributed by atoms with Crippen molar-refractivity contribution in [3.8, 4) is 5.75 Å². The molecule has 1 unspecified atom stereocenters. The number of aryl methyl sites for hydroxylation is 1. The van der Waals surface area contributed by atoms with E-state index in [0.717, 1.165) is 24.0 Å². The summed E-state index contributed by atoms with van der Waals surface area (Å²) in [6, 6.07) is 5.30. The molecule has 1 atom stereocenters. The number of rotatable bonds is 15. The number of carboxylic acid groups (broad SMARTS) is 2. The molecule has 0 spiro atoms. The summed E-state index contributed by atoms with van der Waals surface area (Å²) in [6.45, 7) is 2.03. The van der Waals surface area contributed by atoms with E-state index in [0.29, 0.717) is 47.9 Å². The van der Waals surface area contributed by atoms with Gasteiger partial charge in [0.1, 0.15) is 11.6 Å². The molecular formula is C24H32N8O5. The predicted molar refractivity (Wildman–Crippen MR) is 134 cm³/mol. The molecule has 0 radical (unpaired) electrons. The fourth-order valence-electron chi connectivity index (χ4n) is 4.08. The number of aromatic nitrogens is 6. The van der Waals surface area contributed by atoms with Gasteiger partial charge in [-0.2, -0.15) is 10.2 Å². The van der Waals surface area contributed by atoms with Crippen molar-refractivity contribution in [1.29, 1.82) is 0 Å². The maximum Gasteiger partial charge on any atom is 0.305 e. The quantitative estimate of drug-likeness (QED) is 0.199. The summed E-state index contributed by atoms with van der Waals surface area (Å²) < 4.78 is 5.59. The zero-order valence-corrected chi connectivity index (χ0v) is 20.9. The fraction of sp³-hybridized carbons (Fsp3) is 0.458. The van der Waals surface area contributed by atoms with Gasteiger partial charge in [0.25, 0.3) is 0 Å². The molecule has 2 aromatic heterocycles. The molecule has 0 fully saturated rings. The van der Waals surface area contributed by atoms with Crippen molar-refractivity contribution in [1.82, 2.24) is 30.6 Å². The number of H-pyrrole nitrogens is 1. The third-order valence-corrected chi connectivity index (χ3v) is 5.82. The number of hydrogen-bond acceptors (Lipinski definition) is 10. The number of ether oxygens (including phenoxy) is 1. The molecule has 3 rings (SSSR count). The smallest absolute Gasteiger partial charge is 0.305 e. The Bertz CT molecular complexity index is 1200. The molecule has 13 nitrogen and oxygen atoms in total. The minimum absolute atomic E-state index is 0.0194. The SMILES string of the molecule is CCCCC(CC(=O)O)Nc1nc(N)nc(CCC(=O)O)c1Cc1cc(Cc2nn[nH]n2)ccc1OC. The lowest BCUT2D eigenvalue weighted by molar-refractivity contribution is -0.138. The Labute approximate surface area is 213 Å². The highest BCUT2D eigenvalue weighted by molar-refractivity contribution is 5.69. The summed E-state index contributed by atoms with van der Waals surface area (Å²) in [4.78, 5) is 31.6. The molecule has 13 heteroatoms. The van der Waals surface area contributed by atoms with Crippen LogP contribution >= 0.6 is 0 Å². The lowest BCUT2D eigenvalue weighted by Gasteiger charge is -2.22. The molecule has 0 bridgehead atoms. The average Bonchev–Trinajstić information content (AvgIpc) is 3.35. The summed E-state index contributed by atoms with van der Waals surface area (Å²) in [7, 11) is 1.56. The molecule has 6 N–H and O–H groups in total. The number of nitrogens with two attached hydrogens (primary N) is 1. The van der Waals surface area contributed by atoms with Crippen LogP contribution in [0.2, 0.25) is 0 Å². The van der Waals surface area contributed by atoms with Crippen LogP contribution in [0.5, 0.6) is 5.75 Å². The number of aliphatic carboxylic acids is 2. The lowest BCUT2D eigenvalue weighted by atomic mass is 9.97. The number of nitrogen functional groups attached to an aromatic ring is 1. The third kappa shape index (κ3) is 8.12. The van der Waals surface area contributed by atoms with Gasteiger partial charge in [0.2, 0.25) is 5.95 Å². The highest BCUT2D eigenvalue weighted by Crippen LogP contribution is 2.30. The number of tetrazole rings is 1. The van der Waals surface area contributed by atoms with Gasteiger partial charge in [0, 0.05) is 30.9 Å². The number of hydrogen-bond donors (Lipinski definition) is 5. The fourth-order valence-corrected chi connectivity index (χ4v) is 4.08. The highest BCUT2D eigenvalue weighted by Gasteiger charge is 2.21. The second-order valence-electron chi connectivity index (χ2n) is 8.66. The molecule has 37 heavy (non-hydrogen) atoms. The van der Waals surface area contributed by atoms with E-state index >= 15 is 0 Å². The van der Waals surface area contributed by atoms with E-state index in [1.54, 1.807) is 7.11 Å². The van der Waals surface area contributed by atoms with Crippen molar-refractivity contribution in [2.24, 2.45) is 0 Å². The van der Waals surface area contributed by atoms with Gasteiger partial charge in [0.15, 0.2) is 5.82 Å². The number of nitrogens with zero attached hydrogens (tertiary/aromatic N) is 5. The van der Waals surface area contributed by atoms with Gasteiger partial charge in [-0.05, 0) is 23.6 Å². The standard InChI is InChI=1S/C24H32N8O5/c1-3-4-5-16(13-22(35)36)26-23-17(18(7-9-21(33)34)27-24(25)28-23)12-15-10-14(6-8-19(15)37-2)11-20-29-31-32-30-20/h6,8,10,16H,3-5,7,9,11-13H2,1-2H3,(H,33,34)(H,35,36)(H3,25,26,27,28)(H,29,30,31,32). The molecule has 0 saturated heterocycles. The largest absolute Gasteiger partial charge is 0.496 e. The number of nitrogens with one attached hydrogen (secondary N) is 2. The number of carboxylic acids is 2. The summed E-state index contributed by atoms with van der Waals surface area (Å²) >= 11 is 0. The molecule has 0 amide bonds. The first-order chi connectivity index (χ1) is 17.8. The molecule has 2 heterocycles. The van der Waals surface area contributed by atoms with Gasteiger partial charge in [-0.15, -0.1) is 10.2 Å². The summed E-state index contributed by atoms with van der Waals surface area (Å²) in [5.41, 5.74) is 8.83. The summed E-state index contributed by atoms with van der Waals surface area (Å²) in [6.07, 6.45) is 3.00. The van der Waals surface area contributed by atoms with Crippen LogP contribution in [0.1, 0.15) is 67.2 Å².